The van der Waals surface area contributed by atoms with Gasteiger partial charge in [0, 0.05) is 36.6 Å². The summed E-state index contributed by atoms with van der Waals surface area (Å²) in [6.45, 7) is 6.45. The lowest BCUT2D eigenvalue weighted by atomic mass is 9.99. The molecule has 2 aromatic heterocycles. The van der Waals surface area contributed by atoms with Crippen molar-refractivity contribution in [2.45, 2.75) is 26.7 Å². The van der Waals surface area contributed by atoms with Gasteiger partial charge in [0.05, 0.1) is 0 Å². The lowest BCUT2D eigenvalue weighted by Crippen LogP contribution is -2.32. The van der Waals surface area contributed by atoms with Crippen LogP contribution in [0.25, 0.3) is 0 Å². The number of piperidine rings is 1. The monoisotopic (exact) mass is 364 g/mol. The first-order valence-electron chi connectivity index (χ1n) is 9.30. The summed E-state index contributed by atoms with van der Waals surface area (Å²) in [6.07, 6.45) is 4.05. The number of nitrogens with zero attached hydrogens (tertiary/aromatic N) is 4. The van der Waals surface area contributed by atoms with Crippen molar-refractivity contribution in [3.05, 3.63) is 48.5 Å². The van der Waals surface area contributed by atoms with E-state index in [1.54, 1.807) is 0 Å². The number of rotatable bonds is 5. The van der Waals surface area contributed by atoms with Crippen molar-refractivity contribution >= 4 is 28.8 Å². The molecule has 1 aliphatic rings. The summed E-state index contributed by atoms with van der Waals surface area (Å²) in [5.41, 5.74) is 2.27. The van der Waals surface area contributed by atoms with Crippen molar-refractivity contribution in [3.63, 3.8) is 0 Å². The van der Waals surface area contributed by atoms with Gasteiger partial charge < -0.3 is 20.1 Å². The zero-order valence-electron chi connectivity index (χ0n) is 15.6. The highest BCUT2D eigenvalue weighted by Gasteiger charge is 2.15. The van der Waals surface area contributed by atoms with E-state index in [2.05, 4.69) is 61.8 Å². The van der Waals surface area contributed by atoms with Gasteiger partial charge in [-0.3, -0.25) is 0 Å². The number of hydrogen-bond donors (Lipinski definition) is 2. The first-order chi connectivity index (χ1) is 13.2. The topological polar surface area (TPSA) is 79.1 Å². The summed E-state index contributed by atoms with van der Waals surface area (Å²) < 4.78 is 5.05. The standard InChI is InChI=1S/C20H24N6O/c1-14-7-9-26(10-8-14)17-5-3-16(4-6-17)23-18-12-19(22-13-21-18)24-20-11-15(2)27-25-20/h3-6,11-14H,7-10H2,1-2H3,(H2,21,22,23,24,25). The molecule has 140 valence electrons. The molecule has 1 aliphatic heterocycles. The highest BCUT2D eigenvalue weighted by molar-refractivity contribution is 5.63. The second-order valence-electron chi connectivity index (χ2n) is 7.08. The van der Waals surface area contributed by atoms with Crippen molar-refractivity contribution in [1.82, 2.24) is 15.1 Å². The van der Waals surface area contributed by atoms with E-state index < -0.39 is 0 Å². The molecule has 7 heteroatoms. The van der Waals surface area contributed by atoms with Gasteiger partial charge in [-0.05, 0) is 49.9 Å². The van der Waals surface area contributed by atoms with E-state index in [0.717, 1.165) is 30.5 Å². The molecular weight excluding hydrogens is 340 g/mol. The van der Waals surface area contributed by atoms with Crippen LogP contribution in [0.3, 0.4) is 0 Å². The second-order valence-corrected chi connectivity index (χ2v) is 7.08. The fourth-order valence-corrected chi connectivity index (χ4v) is 3.22. The molecule has 0 spiro atoms. The molecule has 0 saturated carbocycles. The first-order valence-corrected chi connectivity index (χ1v) is 9.30. The molecule has 0 unspecified atom stereocenters. The average molecular weight is 364 g/mol. The SMILES string of the molecule is Cc1cc(Nc2cc(Nc3ccc(N4CCC(C)CC4)cc3)ncn2)no1. The van der Waals surface area contributed by atoms with E-state index in [1.165, 1.54) is 24.9 Å². The van der Waals surface area contributed by atoms with E-state index in [1.807, 2.05) is 19.1 Å². The Balaban J connectivity index is 1.41. The number of benzene rings is 1. The van der Waals surface area contributed by atoms with Gasteiger partial charge in [0.25, 0.3) is 0 Å². The number of aryl methyl sites for hydroxylation is 1. The highest BCUT2D eigenvalue weighted by Crippen LogP contribution is 2.25. The van der Waals surface area contributed by atoms with Crippen molar-refractivity contribution in [3.8, 4) is 0 Å². The fourth-order valence-electron chi connectivity index (χ4n) is 3.22. The van der Waals surface area contributed by atoms with Crippen LogP contribution in [0.4, 0.5) is 28.8 Å². The van der Waals surface area contributed by atoms with Crippen LogP contribution in [0.15, 0.2) is 47.2 Å². The van der Waals surface area contributed by atoms with Crippen LogP contribution in [-0.2, 0) is 0 Å². The van der Waals surface area contributed by atoms with Crippen molar-refractivity contribution in [1.29, 1.82) is 0 Å². The Kier molecular flexibility index (Phi) is 4.91. The molecule has 0 aliphatic carbocycles. The van der Waals surface area contributed by atoms with Crippen molar-refractivity contribution in [2.75, 3.05) is 28.6 Å². The van der Waals surface area contributed by atoms with Crippen LogP contribution >= 0.6 is 0 Å². The number of hydrogen-bond acceptors (Lipinski definition) is 7. The molecule has 4 rings (SSSR count). The van der Waals surface area contributed by atoms with E-state index >= 15 is 0 Å². The Morgan fingerprint density at radius 2 is 1.67 bits per heavy atom. The average Bonchev–Trinajstić information content (AvgIpc) is 3.08. The lowest BCUT2D eigenvalue weighted by molar-refractivity contribution is 0.400. The van der Waals surface area contributed by atoms with Crippen LogP contribution < -0.4 is 15.5 Å². The van der Waals surface area contributed by atoms with Gasteiger partial charge in [-0.15, -0.1) is 0 Å². The smallest absolute Gasteiger partial charge is 0.175 e. The maximum absolute atomic E-state index is 5.05. The maximum atomic E-state index is 5.05. The molecule has 7 nitrogen and oxygen atoms in total. The molecular formula is C20H24N6O. The minimum absolute atomic E-state index is 0.623. The fraction of sp³-hybridized carbons (Fsp3) is 0.350. The summed E-state index contributed by atoms with van der Waals surface area (Å²) in [5, 5.41) is 10.3. The molecule has 1 aromatic carbocycles. The Hall–Kier alpha value is -3.09. The van der Waals surface area contributed by atoms with Gasteiger partial charge in [0.2, 0.25) is 0 Å². The van der Waals surface area contributed by atoms with E-state index in [-0.39, 0.29) is 0 Å². The summed E-state index contributed by atoms with van der Waals surface area (Å²) in [7, 11) is 0. The van der Waals surface area contributed by atoms with Crippen LogP contribution in [0.5, 0.6) is 0 Å². The zero-order chi connectivity index (χ0) is 18.6. The van der Waals surface area contributed by atoms with Gasteiger partial charge in [0.1, 0.15) is 23.7 Å². The predicted molar refractivity (Wildman–Crippen MR) is 107 cm³/mol. The predicted octanol–water partition coefficient (Wildman–Crippen LogP) is 4.50. The third kappa shape index (κ3) is 4.36. The maximum Gasteiger partial charge on any atom is 0.175 e. The second kappa shape index (κ2) is 7.65. The van der Waals surface area contributed by atoms with Gasteiger partial charge in [-0.2, -0.15) is 0 Å². The summed E-state index contributed by atoms with van der Waals surface area (Å²) in [4.78, 5) is 11.0. The molecule has 3 heterocycles. The molecule has 2 N–H and O–H groups in total. The summed E-state index contributed by atoms with van der Waals surface area (Å²) in [5.74, 6) is 3.57. The molecule has 0 amide bonds. The Labute approximate surface area is 158 Å². The van der Waals surface area contributed by atoms with Gasteiger partial charge >= 0.3 is 0 Å². The van der Waals surface area contributed by atoms with Crippen LogP contribution in [-0.4, -0.2) is 28.2 Å². The summed E-state index contributed by atoms with van der Waals surface area (Å²) in [6, 6.07) is 12.2. The molecule has 0 bridgehead atoms. The van der Waals surface area contributed by atoms with Crippen LogP contribution in [0, 0.1) is 12.8 Å². The zero-order valence-corrected chi connectivity index (χ0v) is 15.6. The molecule has 3 aromatic rings. The van der Waals surface area contributed by atoms with Gasteiger partial charge in [-0.1, -0.05) is 12.1 Å². The van der Waals surface area contributed by atoms with Crippen molar-refractivity contribution < 1.29 is 4.52 Å². The molecule has 0 radical (unpaired) electrons. The van der Waals surface area contributed by atoms with E-state index in [0.29, 0.717) is 17.5 Å². The Morgan fingerprint density at radius 3 is 2.33 bits per heavy atom. The minimum atomic E-state index is 0.623. The van der Waals surface area contributed by atoms with Crippen LogP contribution in [0.1, 0.15) is 25.5 Å². The molecule has 27 heavy (non-hydrogen) atoms. The molecule has 0 atom stereocenters. The summed E-state index contributed by atoms with van der Waals surface area (Å²) >= 11 is 0. The number of aromatic nitrogens is 3. The first kappa shape index (κ1) is 17.3. The quantitative estimate of drug-likeness (QED) is 0.690. The highest BCUT2D eigenvalue weighted by atomic mass is 16.5. The lowest BCUT2D eigenvalue weighted by Gasteiger charge is -2.32. The third-order valence-corrected chi connectivity index (χ3v) is 4.84. The van der Waals surface area contributed by atoms with Crippen molar-refractivity contribution in [2.24, 2.45) is 5.92 Å². The van der Waals surface area contributed by atoms with E-state index in [9.17, 15) is 0 Å². The number of nitrogens with one attached hydrogen (secondary N) is 2. The van der Waals surface area contributed by atoms with E-state index in [4.69, 9.17) is 4.52 Å². The normalized spacial score (nSPS) is 15.0. The largest absolute Gasteiger partial charge is 0.372 e. The Bertz CT molecular complexity index is 883. The van der Waals surface area contributed by atoms with Gasteiger partial charge in [-0.25, -0.2) is 9.97 Å². The Morgan fingerprint density at radius 1 is 0.963 bits per heavy atom. The third-order valence-electron chi connectivity index (χ3n) is 4.84. The molecule has 1 saturated heterocycles. The van der Waals surface area contributed by atoms with Crippen LogP contribution in [0.2, 0.25) is 0 Å². The minimum Gasteiger partial charge on any atom is -0.372 e. The number of anilines is 5. The van der Waals surface area contributed by atoms with Gasteiger partial charge in [0.15, 0.2) is 5.82 Å². The molecule has 1 fully saturated rings.